The van der Waals surface area contributed by atoms with Gasteiger partial charge in [0.15, 0.2) is 11.5 Å². The van der Waals surface area contributed by atoms with E-state index in [1.54, 1.807) is 10.7 Å². The summed E-state index contributed by atoms with van der Waals surface area (Å²) in [6.07, 6.45) is 13.1. The fraction of sp³-hybridized carbons (Fsp3) is 0.524. The van der Waals surface area contributed by atoms with Crippen LogP contribution in [-0.2, 0) is 6.42 Å². The van der Waals surface area contributed by atoms with E-state index in [-0.39, 0.29) is 0 Å². The molecule has 3 aromatic rings. The topological polar surface area (TPSA) is 91.2 Å². The number of unbranched alkanes of at least 4 members (excludes halogenated alkanes) is 1. The summed E-state index contributed by atoms with van der Waals surface area (Å²) in [7, 11) is 0. The molecule has 0 aromatic carbocycles. The number of nitrogens with zero attached hydrogens (tertiary/aromatic N) is 5. The minimum Gasteiger partial charge on any atom is -0.462 e. The standard InChI is InChI=1S/C21H28N6O/c1-2-3-11-28-21-25-19(22)20-24-14-18(27(20)26-21)12-17-10-9-16(13-23-17)15-7-5-4-6-8-15/h9-10,13-15H,2-8,11-12H2,1H3,(H2,22,25,26). The van der Waals surface area contributed by atoms with Crippen molar-refractivity contribution in [1.29, 1.82) is 0 Å². The highest BCUT2D eigenvalue weighted by Crippen LogP contribution is 2.32. The van der Waals surface area contributed by atoms with Crippen molar-refractivity contribution in [2.45, 2.75) is 64.2 Å². The van der Waals surface area contributed by atoms with Crippen LogP contribution in [0.3, 0.4) is 0 Å². The van der Waals surface area contributed by atoms with Crippen LogP contribution in [0.25, 0.3) is 5.65 Å². The van der Waals surface area contributed by atoms with Crippen LogP contribution < -0.4 is 10.5 Å². The number of hydrogen-bond acceptors (Lipinski definition) is 6. The van der Waals surface area contributed by atoms with Gasteiger partial charge >= 0.3 is 6.01 Å². The van der Waals surface area contributed by atoms with Gasteiger partial charge in [0, 0.05) is 18.3 Å². The molecule has 148 valence electrons. The average molecular weight is 380 g/mol. The normalized spacial score (nSPS) is 15.2. The molecule has 0 bridgehead atoms. The molecule has 0 radical (unpaired) electrons. The summed E-state index contributed by atoms with van der Waals surface area (Å²) in [5, 5.41) is 4.47. The lowest BCUT2D eigenvalue weighted by Gasteiger charge is -2.21. The number of imidazole rings is 1. The van der Waals surface area contributed by atoms with Crippen molar-refractivity contribution >= 4 is 11.5 Å². The van der Waals surface area contributed by atoms with Crippen molar-refractivity contribution in [2.75, 3.05) is 12.3 Å². The maximum Gasteiger partial charge on any atom is 0.336 e. The molecular weight excluding hydrogens is 352 g/mol. The third-order valence-electron chi connectivity index (χ3n) is 5.45. The second-order valence-electron chi connectivity index (χ2n) is 7.56. The van der Waals surface area contributed by atoms with E-state index in [2.05, 4.69) is 34.1 Å². The fourth-order valence-electron chi connectivity index (χ4n) is 3.82. The zero-order valence-corrected chi connectivity index (χ0v) is 16.5. The Balaban J connectivity index is 1.52. The third-order valence-corrected chi connectivity index (χ3v) is 5.45. The van der Waals surface area contributed by atoms with Gasteiger partial charge in [0.05, 0.1) is 18.5 Å². The van der Waals surface area contributed by atoms with Crippen molar-refractivity contribution in [3.05, 3.63) is 41.5 Å². The highest BCUT2D eigenvalue weighted by molar-refractivity contribution is 5.59. The Kier molecular flexibility index (Phi) is 5.69. The summed E-state index contributed by atoms with van der Waals surface area (Å²) in [6.45, 7) is 2.69. The molecule has 7 nitrogen and oxygen atoms in total. The van der Waals surface area contributed by atoms with E-state index >= 15 is 0 Å². The van der Waals surface area contributed by atoms with Crippen LogP contribution in [0.5, 0.6) is 6.01 Å². The summed E-state index contributed by atoms with van der Waals surface area (Å²) >= 11 is 0. The molecule has 4 rings (SSSR count). The van der Waals surface area contributed by atoms with E-state index in [9.17, 15) is 0 Å². The third kappa shape index (κ3) is 4.08. The van der Waals surface area contributed by atoms with E-state index < -0.39 is 0 Å². The van der Waals surface area contributed by atoms with Gasteiger partial charge in [-0.3, -0.25) is 4.98 Å². The molecule has 0 aliphatic heterocycles. The Labute approximate surface area is 165 Å². The van der Waals surface area contributed by atoms with Crippen molar-refractivity contribution in [1.82, 2.24) is 24.6 Å². The Hall–Kier alpha value is -2.70. The zero-order chi connectivity index (χ0) is 19.3. The molecule has 1 aliphatic rings. The molecular formula is C21H28N6O. The fourth-order valence-corrected chi connectivity index (χ4v) is 3.82. The molecule has 1 fully saturated rings. The summed E-state index contributed by atoms with van der Waals surface area (Å²) in [6, 6.07) is 4.63. The van der Waals surface area contributed by atoms with Crippen LogP contribution in [0.4, 0.5) is 5.82 Å². The number of pyridine rings is 1. The molecule has 0 unspecified atom stereocenters. The lowest BCUT2D eigenvalue weighted by molar-refractivity contribution is 0.280. The van der Waals surface area contributed by atoms with Crippen LogP contribution in [-0.4, -0.2) is 31.2 Å². The highest BCUT2D eigenvalue weighted by Gasteiger charge is 2.16. The summed E-state index contributed by atoms with van der Waals surface area (Å²) < 4.78 is 7.35. The zero-order valence-electron chi connectivity index (χ0n) is 16.5. The molecule has 3 heterocycles. The van der Waals surface area contributed by atoms with E-state index in [1.807, 2.05) is 6.20 Å². The van der Waals surface area contributed by atoms with Crippen molar-refractivity contribution in [3.63, 3.8) is 0 Å². The first-order chi connectivity index (χ1) is 13.7. The summed E-state index contributed by atoms with van der Waals surface area (Å²) in [4.78, 5) is 13.3. The summed E-state index contributed by atoms with van der Waals surface area (Å²) in [5.74, 6) is 0.995. The molecule has 0 saturated heterocycles. The van der Waals surface area contributed by atoms with Gasteiger partial charge < -0.3 is 10.5 Å². The van der Waals surface area contributed by atoms with Gasteiger partial charge in [0.2, 0.25) is 0 Å². The number of aromatic nitrogens is 5. The first-order valence-electron chi connectivity index (χ1n) is 10.3. The molecule has 28 heavy (non-hydrogen) atoms. The Morgan fingerprint density at radius 3 is 2.75 bits per heavy atom. The minimum absolute atomic E-state index is 0.290. The van der Waals surface area contributed by atoms with Crippen molar-refractivity contribution in [2.24, 2.45) is 0 Å². The van der Waals surface area contributed by atoms with Gasteiger partial charge in [-0.2, -0.15) is 4.98 Å². The number of rotatable bonds is 7. The molecule has 1 aliphatic carbocycles. The van der Waals surface area contributed by atoms with Gasteiger partial charge in [-0.15, -0.1) is 5.10 Å². The highest BCUT2D eigenvalue weighted by atomic mass is 16.5. The predicted octanol–water partition coefficient (Wildman–Crippen LogP) is 3.92. The van der Waals surface area contributed by atoms with Crippen LogP contribution in [0.2, 0.25) is 0 Å². The second-order valence-corrected chi connectivity index (χ2v) is 7.56. The molecule has 0 amide bonds. The largest absolute Gasteiger partial charge is 0.462 e. The molecule has 7 heteroatoms. The van der Waals surface area contributed by atoms with E-state index in [1.165, 1.54) is 37.7 Å². The van der Waals surface area contributed by atoms with E-state index in [4.69, 9.17) is 15.5 Å². The number of hydrogen-bond donors (Lipinski definition) is 1. The average Bonchev–Trinajstić information content (AvgIpc) is 3.13. The Morgan fingerprint density at radius 2 is 2.00 bits per heavy atom. The van der Waals surface area contributed by atoms with Gasteiger partial charge in [0.1, 0.15) is 0 Å². The van der Waals surface area contributed by atoms with Crippen LogP contribution in [0.15, 0.2) is 24.5 Å². The smallest absolute Gasteiger partial charge is 0.336 e. The molecule has 1 saturated carbocycles. The SMILES string of the molecule is CCCCOc1nc(N)c2ncc(Cc3ccc(C4CCCCC4)cn3)n2n1. The Bertz CT molecular complexity index is 915. The molecule has 0 atom stereocenters. The number of nitrogens with two attached hydrogens (primary N) is 1. The Morgan fingerprint density at radius 1 is 1.14 bits per heavy atom. The van der Waals surface area contributed by atoms with Crippen LogP contribution >= 0.6 is 0 Å². The van der Waals surface area contributed by atoms with Crippen LogP contribution in [0, 0.1) is 0 Å². The van der Waals surface area contributed by atoms with E-state index in [0.29, 0.717) is 36.4 Å². The predicted molar refractivity (Wildman–Crippen MR) is 108 cm³/mol. The maximum atomic E-state index is 6.04. The van der Waals surface area contributed by atoms with Crippen molar-refractivity contribution in [3.8, 4) is 6.01 Å². The van der Waals surface area contributed by atoms with Gasteiger partial charge in [-0.05, 0) is 36.8 Å². The van der Waals surface area contributed by atoms with Gasteiger partial charge in [-0.1, -0.05) is 38.7 Å². The number of nitrogen functional groups attached to an aromatic ring is 1. The minimum atomic E-state index is 0.290. The first-order valence-corrected chi connectivity index (χ1v) is 10.3. The quantitative estimate of drug-likeness (QED) is 0.625. The molecule has 2 N–H and O–H groups in total. The lowest BCUT2D eigenvalue weighted by Crippen LogP contribution is -2.09. The maximum absolute atomic E-state index is 6.04. The van der Waals surface area contributed by atoms with Crippen molar-refractivity contribution < 1.29 is 4.74 Å². The van der Waals surface area contributed by atoms with Gasteiger partial charge in [0.25, 0.3) is 0 Å². The number of anilines is 1. The molecule has 3 aromatic heterocycles. The first kappa shape index (κ1) is 18.7. The number of fused-ring (bicyclic) bond motifs is 1. The lowest BCUT2D eigenvalue weighted by atomic mass is 9.85. The summed E-state index contributed by atoms with van der Waals surface area (Å²) in [5.41, 5.74) is 9.87. The van der Waals surface area contributed by atoms with Crippen LogP contribution in [0.1, 0.15) is 74.7 Å². The second kappa shape index (κ2) is 8.54. The number of ether oxygens (including phenoxy) is 1. The van der Waals surface area contributed by atoms with Gasteiger partial charge in [-0.25, -0.2) is 9.50 Å². The molecule has 0 spiro atoms. The van der Waals surface area contributed by atoms with E-state index in [0.717, 1.165) is 24.2 Å². The monoisotopic (exact) mass is 380 g/mol.